The molecule has 1 amide bonds. The highest BCUT2D eigenvalue weighted by Gasteiger charge is 2.21. The highest BCUT2D eigenvalue weighted by Crippen LogP contribution is 2.37. The predicted molar refractivity (Wildman–Crippen MR) is 126 cm³/mol. The van der Waals surface area contributed by atoms with Crippen LogP contribution in [0.2, 0.25) is 0 Å². The lowest BCUT2D eigenvalue weighted by Crippen LogP contribution is -2.45. The second kappa shape index (κ2) is 12.0. The second-order valence-electron chi connectivity index (χ2n) is 8.70. The maximum Gasteiger partial charge on any atom is 0.220 e. The fraction of sp³-hybridized carbons (Fsp3) is 0.680. The van der Waals surface area contributed by atoms with E-state index in [1.165, 1.54) is 0 Å². The Labute approximate surface area is 182 Å². The fourth-order valence-electron chi connectivity index (χ4n) is 3.94. The minimum atomic E-state index is -0.00823. The van der Waals surface area contributed by atoms with Crippen LogP contribution in [0, 0.1) is 0 Å². The zero-order valence-corrected chi connectivity index (χ0v) is 19.6. The van der Waals surface area contributed by atoms with Gasteiger partial charge in [0.1, 0.15) is 11.6 Å². The van der Waals surface area contributed by atoms with Crippen LogP contribution < -0.4 is 10.6 Å². The maximum atomic E-state index is 12.7. The van der Waals surface area contributed by atoms with Gasteiger partial charge < -0.3 is 15.7 Å². The van der Waals surface area contributed by atoms with E-state index in [9.17, 15) is 9.90 Å². The summed E-state index contributed by atoms with van der Waals surface area (Å²) in [4.78, 5) is 17.2. The average Bonchev–Trinajstić information content (AvgIpc) is 3.29. The first-order chi connectivity index (χ1) is 14.4. The zero-order chi connectivity index (χ0) is 22.1. The predicted octanol–water partition coefficient (Wildman–Crippen LogP) is 5.03. The number of amides is 1. The lowest BCUT2D eigenvalue weighted by atomic mass is 9.87. The van der Waals surface area contributed by atoms with Crippen molar-refractivity contribution < 1.29 is 9.90 Å². The van der Waals surface area contributed by atoms with Gasteiger partial charge in [-0.3, -0.25) is 9.79 Å². The number of phenolic OH excluding ortho intramolecular Hbond substituents is 1. The molecule has 168 valence electrons. The van der Waals surface area contributed by atoms with E-state index >= 15 is 0 Å². The molecule has 0 fully saturated rings. The molecule has 0 spiro atoms. The van der Waals surface area contributed by atoms with Gasteiger partial charge in [-0.25, -0.2) is 0 Å². The Balaban J connectivity index is 2.10. The summed E-state index contributed by atoms with van der Waals surface area (Å²) in [6.07, 6.45) is 6.17. The molecule has 1 aromatic carbocycles. The number of aryl methyl sites for hydroxylation is 1. The minimum absolute atomic E-state index is 0.00823. The number of aliphatic imine (C=N–C) groups is 1. The third-order valence-corrected chi connectivity index (χ3v) is 6.37. The number of rotatable bonds is 12. The van der Waals surface area contributed by atoms with Crippen molar-refractivity contribution in [3.05, 3.63) is 28.8 Å². The summed E-state index contributed by atoms with van der Waals surface area (Å²) in [6.45, 7) is 12.4. The van der Waals surface area contributed by atoms with E-state index < -0.39 is 0 Å². The molecule has 2 rings (SSSR count). The summed E-state index contributed by atoms with van der Waals surface area (Å²) in [6, 6.07) is 4.19. The van der Waals surface area contributed by atoms with Crippen molar-refractivity contribution in [3.63, 3.8) is 0 Å². The van der Waals surface area contributed by atoms with Crippen molar-refractivity contribution in [3.8, 4) is 5.75 Å². The number of carbonyl (C=O) groups excluding carboxylic acids is 1. The van der Waals surface area contributed by atoms with Crippen LogP contribution in [-0.4, -0.2) is 36.0 Å². The van der Waals surface area contributed by atoms with E-state index in [2.05, 4.69) is 62.4 Å². The SMILES string of the molecule is CCCCC(NC(=O)CCc1cc(C(C)CC)c(O)c(C(C)CC)c1)C1=NCCN1. The molecule has 0 aliphatic carbocycles. The smallest absolute Gasteiger partial charge is 0.220 e. The Morgan fingerprint density at radius 1 is 1.17 bits per heavy atom. The molecule has 0 bridgehead atoms. The Kier molecular flexibility index (Phi) is 9.67. The normalized spacial score (nSPS) is 16.5. The molecule has 1 heterocycles. The number of aromatic hydroxyl groups is 1. The molecule has 5 heteroatoms. The summed E-state index contributed by atoms with van der Waals surface area (Å²) >= 11 is 0. The van der Waals surface area contributed by atoms with Crippen molar-refractivity contribution in [2.24, 2.45) is 4.99 Å². The van der Waals surface area contributed by atoms with Crippen molar-refractivity contribution in [2.45, 2.75) is 97.4 Å². The lowest BCUT2D eigenvalue weighted by Gasteiger charge is -2.21. The van der Waals surface area contributed by atoms with Crippen LogP contribution in [0.4, 0.5) is 0 Å². The van der Waals surface area contributed by atoms with E-state index in [1.807, 2.05) is 0 Å². The van der Waals surface area contributed by atoms with Gasteiger partial charge in [-0.05, 0) is 54.2 Å². The van der Waals surface area contributed by atoms with Crippen LogP contribution in [0.15, 0.2) is 17.1 Å². The molecule has 30 heavy (non-hydrogen) atoms. The molecule has 1 aliphatic rings. The summed E-state index contributed by atoms with van der Waals surface area (Å²) in [5.41, 5.74) is 3.15. The summed E-state index contributed by atoms with van der Waals surface area (Å²) in [7, 11) is 0. The Morgan fingerprint density at radius 3 is 2.30 bits per heavy atom. The number of hydrogen-bond acceptors (Lipinski definition) is 4. The summed E-state index contributed by atoms with van der Waals surface area (Å²) in [5.74, 6) is 2.03. The van der Waals surface area contributed by atoms with Crippen LogP contribution in [0.5, 0.6) is 5.75 Å². The molecule has 3 atom stereocenters. The van der Waals surface area contributed by atoms with Crippen molar-refractivity contribution in [2.75, 3.05) is 13.1 Å². The number of benzene rings is 1. The van der Waals surface area contributed by atoms with Crippen LogP contribution >= 0.6 is 0 Å². The fourth-order valence-corrected chi connectivity index (χ4v) is 3.94. The monoisotopic (exact) mass is 415 g/mol. The standard InChI is InChI=1S/C25H41N3O2/c1-6-9-10-22(25-26-13-14-27-25)28-23(29)12-11-19-15-20(17(4)7-2)24(30)21(16-19)18(5)8-3/h15-18,22,30H,6-14H2,1-5H3,(H,26,27)(H,28,29). The highest BCUT2D eigenvalue weighted by atomic mass is 16.3. The molecule has 1 aromatic rings. The maximum absolute atomic E-state index is 12.7. The van der Waals surface area contributed by atoms with Gasteiger partial charge in [0.2, 0.25) is 5.91 Å². The van der Waals surface area contributed by atoms with Gasteiger partial charge >= 0.3 is 0 Å². The van der Waals surface area contributed by atoms with Crippen molar-refractivity contribution >= 4 is 11.7 Å². The average molecular weight is 416 g/mol. The molecule has 0 radical (unpaired) electrons. The van der Waals surface area contributed by atoms with Gasteiger partial charge in [-0.15, -0.1) is 0 Å². The van der Waals surface area contributed by atoms with Gasteiger partial charge in [0.15, 0.2) is 0 Å². The zero-order valence-electron chi connectivity index (χ0n) is 19.6. The van der Waals surface area contributed by atoms with Gasteiger partial charge in [-0.2, -0.15) is 0 Å². The van der Waals surface area contributed by atoms with E-state index in [-0.39, 0.29) is 11.9 Å². The van der Waals surface area contributed by atoms with E-state index in [1.54, 1.807) is 0 Å². The third kappa shape index (κ3) is 6.48. The largest absolute Gasteiger partial charge is 0.507 e. The first-order valence-electron chi connectivity index (χ1n) is 11.8. The summed E-state index contributed by atoms with van der Waals surface area (Å²) < 4.78 is 0. The van der Waals surface area contributed by atoms with Crippen LogP contribution in [0.25, 0.3) is 0 Å². The number of amidine groups is 1. The first kappa shape index (κ1) is 24.2. The van der Waals surface area contributed by atoms with Crippen molar-refractivity contribution in [1.29, 1.82) is 0 Å². The molecular formula is C25H41N3O2. The van der Waals surface area contributed by atoms with E-state index in [4.69, 9.17) is 0 Å². The topological polar surface area (TPSA) is 73.7 Å². The van der Waals surface area contributed by atoms with E-state index in [0.29, 0.717) is 30.4 Å². The highest BCUT2D eigenvalue weighted by molar-refractivity contribution is 5.92. The molecule has 0 saturated heterocycles. The summed E-state index contributed by atoms with van der Waals surface area (Å²) in [5, 5.41) is 17.3. The molecule has 1 aliphatic heterocycles. The molecule has 5 nitrogen and oxygen atoms in total. The molecule has 3 N–H and O–H groups in total. The molecule has 0 aromatic heterocycles. The van der Waals surface area contributed by atoms with Gasteiger partial charge in [-0.1, -0.05) is 59.6 Å². The Bertz CT molecular complexity index is 698. The van der Waals surface area contributed by atoms with Gasteiger partial charge in [0, 0.05) is 13.0 Å². The quantitative estimate of drug-likeness (QED) is 0.448. The van der Waals surface area contributed by atoms with Crippen molar-refractivity contribution in [1.82, 2.24) is 10.6 Å². The van der Waals surface area contributed by atoms with Crippen LogP contribution in [-0.2, 0) is 11.2 Å². The second-order valence-corrected chi connectivity index (χ2v) is 8.70. The number of hydrogen-bond donors (Lipinski definition) is 3. The van der Waals surface area contributed by atoms with Crippen LogP contribution in [0.1, 0.15) is 102 Å². The lowest BCUT2D eigenvalue weighted by molar-refractivity contribution is -0.121. The van der Waals surface area contributed by atoms with Crippen LogP contribution in [0.3, 0.4) is 0 Å². The number of nitrogens with one attached hydrogen (secondary N) is 2. The Morgan fingerprint density at radius 2 is 1.80 bits per heavy atom. The van der Waals surface area contributed by atoms with E-state index in [0.717, 1.165) is 67.7 Å². The van der Waals surface area contributed by atoms with Gasteiger partial charge in [0.25, 0.3) is 0 Å². The molecular weight excluding hydrogens is 374 g/mol. The molecule has 3 unspecified atom stereocenters. The van der Waals surface area contributed by atoms with Gasteiger partial charge in [0.05, 0.1) is 12.6 Å². The number of unbranched alkanes of at least 4 members (excludes halogenated alkanes) is 1. The molecule has 0 saturated carbocycles. The number of phenols is 1. The number of nitrogens with zero attached hydrogens (tertiary/aromatic N) is 1. The minimum Gasteiger partial charge on any atom is -0.507 e. The number of carbonyl (C=O) groups is 1. The first-order valence-corrected chi connectivity index (χ1v) is 11.8. The third-order valence-electron chi connectivity index (χ3n) is 6.37. The Hall–Kier alpha value is -2.04.